The minimum atomic E-state index is -0.439. The molecule has 8 heteroatoms. The first-order valence-corrected chi connectivity index (χ1v) is 11.2. The second-order valence-corrected chi connectivity index (χ2v) is 8.07. The number of hydrogen-bond donors (Lipinski definition) is 2. The molecule has 0 atom stereocenters. The normalized spacial score (nSPS) is 12.2. The summed E-state index contributed by atoms with van der Waals surface area (Å²) in [6.45, 7) is 1.06. The van der Waals surface area contributed by atoms with Gasteiger partial charge in [-0.2, -0.15) is 0 Å². The van der Waals surface area contributed by atoms with Crippen molar-refractivity contribution in [1.29, 1.82) is 0 Å². The SMILES string of the molecule is O=C(Cn1c(=O)cc(C(=O)NCc2ccccc2)c2ccccc21)Nc1ccc2c(c1)OCCO2. The Labute approximate surface area is 201 Å². The monoisotopic (exact) mass is 469 g/mol. The van der Waals surface area contributed by atoms with Crippen LogP contribution in [0, 0.1) is 0 Å². The van der Waals surface area contributed by atoms with Crippen LogP contribution >= 0.6 is 0 Å². The van der Waals surface area contributed by atoms with Crippen molar-refractivity contribution < 1.29 is 19.1 Å². The van der Waals surface area contributed by atoms with Crippen LogP contribution in [0.5, 0.6) is 11.5 Å². The zero-order valence-electron chi connectivity index (χ0n) is 18.8. The molecule has 2 N–H and O–H groups in total. The average molecular weight is 469 g/mol. The van der Waals surface area contributed by atoms with Gasteiger partial charge in [0, 0.05) is 29.8 Å². The molecule has 2 amide bonds. The molecule has 0 bridgehead atoms. The molecule has 0 unspecified atom stereocenters. The Morgan fingerprint density at radius 2 is 1.60 bits per heavy atom. The van der Waals surface area contributed by atoms with Crippen molar-refractivity contribution in [2.75, 3.05) is 18.5 Å². The number of para-hydroxylation sites is 1. The average Bonchev–Trinajstić information content (AvgIpc) is 2.89. The zero-order chi connectivity index (χ0) is 24.2. The molecule has 3 aromatic carbocycles. The molecule has 0 saturated heterocycles. The third-order valence-electron chi connectivity index (χ3n) is 5.69. The molecule has 1 aliphatic heterocycles. The summed E-state index contributed by atoms with van der Waals surface area (Å²) in [6, 6.07) is 23.0. The van der Waals surface area contributed by atoms with E-state index in [1.54, 1.807) is 42.5 Å². The van der Waals surface area contributed by atoms with Crippen molar-refractivity contribution >= 4 is 28.4 Å². The minimum absolute atomic E-state index is 0.209. The van der Waals surface area contributed by atoms with E-state index < -0.39 is 5.56 Å². The van der Waals surface area contributed by atoms with Crippen LogP contribution in [0.4, 0.5) is 5.69 Å². The molecule has 176 valence electrons. The molecular formula is C27H23N3O5. The van der Waals surface area contributed by atoms with Gasteiger partial charge in [0.2, 0.25) is 5.91 Å². The first kappa shape index (κ1) is 22.2. The van der Waals surface area contributed by atoms with Crippen molar-refractivity contribution in [2.45, 2.75) is 13.1 Å². The molecule has 0 aliphatic carbocycles. The summed E-state index contributed by atoms with van der Waals surface area (Å²) in [5.74, 6) is 0.449. The first-order chi connectivity index (χ1) is 17.1. The summed E-state index contributed by atoms with van der Waals surface area (Å²) >= 11 is 0. The smallest absolute Gasteiger partial charge is 0.252 e. The van der Waals surface area contributed by atoms with E-state index in [-0.39, 0.29) is 23.9 Å². The van der Waals surface area contributed by atoms with Gasteiger partial charge in [-0.25, -0.2) is 0 Å². The molecule has 2 heterocycles. The Hall–Kier alpha value is -4.59. The van der Waals surface area contributed by atoms with Crippen molar-refractivity contribution in [3.8, 4) is 11.5 Å². The van der Waals surface area contributed by atoms with E-state index in [4.69, 9.17) is 9.47 Å². The van der Waals surface area contributed by atoms with Gasteiger partial charge in [-0.3, -0.25) is 19.0 Å². The van der Waals surface area contributed by atoms with E-state index in [0.717, 1.165) is 5.56 Å². The Balaban J connectivity index is 1.37. The number of nitrogens with zero attached hydrogens (tertiary/aromatic N) is 1. The molecule has 35 heavy (non-hydrogen) atoms. The largest absolute Gasteiger partial charge is 0.486 e. The van der Waals surface area contributed by atoms with E-state index in [1.807, 2.05) is 30.3 Å². The summed E-state index contributed by atoms with van der Waals surface area (Å²) in [4.78, 5) is 38.7. The summed E-state index contributed by atoms with van der Waals surface area (Å²) in [7, 11) is 0. The van der Waals surface area contributed by atoms with Gasteiger partial charge >= 0.3 is 0 Å². The van der Waals surface area contributed by atoms with Crippen LogP contribution in [0.25, 0.3) is 10.9 Å². The molecule has 1 aliphatic rings. The number of aromatic nitrogens is 1. The van der Waals surface area contributed by atoms with Crippen LogP contribution in [0.2, 0.25) is 0 Å². The second-order valence-electron chi connectivity index (χ2n) is 8.07. The molecule has 1 aromatic heterocycles. The van der Waals surface area contributed by atoms with Gasteiger partial charge in [0.1, 0.15) is 19.8 Å². The molecule has 8 nitrogen and oxygen atoms in total. The zero-order valence-corrected chi connectivity index (χ0v) is 18.8. The Morgan fingerprint density at radius 1 is 0.857 bits per heavy atom. The molecule has 0 spiro atoms. The van der Waals surface area contributed by atoms with Crippen LogP contribution in [-0.4, -0.2) is 29.6 Å². The molecule has 0 saturated carbocycles. The van der Waals surface area contributed by atoms with Crippen LogP contribution in [0.3, 0.4) is 0 Å². The van der Waals surface area contributed by atoms with Gasteiger partial charge in [0.05, 0.1) is 11.1 Å². The Kier molecular flexibility index (Phi) is 6.17. The van der Waals surface area contributed by atoms with Gasteiger partial charge in [-0.15, -0.1) is 0 Å². The fraction of sp³-hybridized carbons (Fsp3) is 0.148. The third kappa shape index (κ3) is 4.86. The Bertz CT molecular complexity index is 1460. The number of ether oxygens (including phenoxy) is 2. The summed E-state index contributed by atoms with van der Waals surface area (Å²) < 4.78 is 12.4. The number of fused-ring (bicyclic) bond motifs is 2. The number of anilines is 1. The van der Waals surface area contributed by atoms with Crippen LogP contribution in [0.15, 0.2) is 83.7 Å². The Morgan fingerprint density at radius 3 is 2.43 bits per heavy atom. The van der Waals surface area contributed by atoms with E-state index in [9.17, 15) is 14.4 Å². The summed E-state index contributed by atoms with van der Waals surface area (Å²) in [5, 5.41) is 6.25. The highest BCUT2D eigenvalue weighted by atomic mass is 16.6. The second kappa shape index (κ2) is 9.72. The maximum atomic E-state index is 13.0. The lowest BCUT2D eigenvalue weighted by Gasteiger charge is -2.19. The number of benzene rings is 3. The van der Waals surface area contributed by atoms with E-state index in [0.29, 0.717) is 47.8 Å². The lowest BCUT2D eigenvalue weighted by atomic mass is 10.1. The van der Waals surface area contributed by atoms with E-state index in [1.165, 1.54) is 10.6 Å². The fourth-order valence-electron chi connectivity index (χ4n) is 4.02. The van der Waals surface area contributed by atoms with E-state index in [2.05, 4.69) is 10.6 Å². The summed E-state index contributed by atoms with van der Waals surface area (Å²) in [5.41, 5.74) is 1.82. The van der Waals surface area contributed by atoms with Crippen molar-refractivity contribution in [1.82, 2.24) is 9.88 Å². The van der Waals surface area contributed by atoms with Gasteiger partial charge in [0.25, 0.3) is 11.5 Å². The van der Waals surface area contributed by atoms with Gasteiger partial charge in [-0.1, -0.05) is 48.5 Å². The number of nitrogens with one attached hydrogen (secondary N) is 2. The number of hydrogen-bond acceptors (Lipinski definition) is 5. The summed E-state index contributed by atoms with van der Waals surface area (Å²) in [6.07, 6.45) is 0. The minimum Gasteiger partial charge on any atom is -0.486 e. The molecule has 0 fully saturated rings. The fourth-order valence-corrected chi connectivity index (χ4v) is 4.02. The predicted octanol–water partition coefficient (Wildman–Crippen LogP) is 3.34. The number of amides is 2. The standard InChI is InChI=1S/C27H23N3O5/c31-25(29-19-10-11-23-24(14-19)35-13-12-34-23)17-30-22-9-5-4-8-20(22)21(15-26(30)32)27(33)28-16-18-6-2-1-3-7-18/h1-11,14-15H,12-13,16-17H2,(H,28,33)(H,29,31). The predicted molar refractivity (Wildman–Crippen MR) is 132 cm³/mol. The van der Waals surface area contributed by atoms with Crippen LogP contribution < -0.4 is 25.7 Å². The highest BCUT2D eigenvalue weighted by Crippen LogP contribution is 2.32. The first-order valence-electron chi connectivity index (χ1n) is 11.2. The molecular weight excluding hydrogens is 446 g/mol. The number of pyridine rings is 1. The van der Waals surface area contributed by atoms with Crippen molar-refractivity contribution in [2.24, 2.45) is 0 Å². The number of carbonyl (C=O) groups is 2. The lowest BCUT2D eigenvalue weighted by Crippen LogP contribution is -2.30. The van der Waals surface area contributed by atoms with Crippen LogP contribution in [0.1, 0.15) is 15.9 Å². The van der Waals surface area contributed by atoms with Gasteiger partial charge in [0.15, 0.2) is 11.5 Å². The quantitative estimate of drug-likeness (QED) is 0.451. The third-order valence-corrected chi connectivity index (χ3v) is 5.69. The van der Waals surface area contributed by atoms with E-state index >= 15 is 0 Å². The van der Waals surface area contributed by atoms with Crippen molar-refractivity contribution in [3.05, 3.63) is 100 Å². The van der Waals surface area contributed by atoms with Gasteiger partial charge < -0.3 is 20.1 Å². The highest BCUT2D eigenvalue weighted by molar-refractivity contribution is 6.06. The maximum absolute atomic E-state index is 13.0. The highest BCUT2D eigenvalue weighted by Gasteiger charge is 2.17. The van der Waals surface area contributed by atoms with Crippen molar-refractivity contribution in [3.63, 3.8) is 0 Å². The topological polar surface area (TPSA) is 98.7 Å². The maximum Gasteiger partial charge on any atom is 0.252 e. The van der Waals surface area contributed by atoms with Crippen LogP contribution in [-0.2, 0) is 17.9 Å². The lowest BCUT2D eigenvalue weighted by molar-refractivity contribution is -0.116. The molecule has 4 aromatic rings. The molecule has 5 rings (SSSR count). The molecule has 0 radical (unpaired) electrons. The van der Waals surface area contributed by atoms with Gasteiger partial charge in [-0.05, 0) is 23.8 Å². The number of rotatable bonds is 6. The number of carbonyl (C=O) groups excluding carboxylic acids is 2.